The number of nitrogens with zero attached hydrogens (tertiary/aromatic N) is 2. The molecule has 0 atom stereocenters. The van der Waals surface area contributed by atoms with Crippen LogP contribution in [-0.4, -0.2) is 28.1 Å². The van der Waals surface area contributed by atoms with Crippen LogP contribution >= 0.6 is 27.7 Å². The van der Waals surface area contributed by atoms with Crippen molar-refractivity contribution in [3.8, 4) is 0 Å². The van der Waals surface area contributed by atoms with Gasteiger partial charge in [0.1, 0.15) is 10.9 Å². The number of halogens is 2. The van der Waals surface area contributed by atoms with Crippen LogP contribution in [0.4, 0.5) is 10.1 Å². The summed E-state index contributed by atoms with van der Waals surface area (Å²) in [5.74, 6) is -0.253. The molecule has 1 N–H and O–H groups in total. The first-order valence-electron chi connectivity index (χ1n) is 9.67. The zero-order chi connectivity index (χ0) is 20.3. The van der Waals surface area contributed by atoms with Crippen LogP contribution in [0.1, 0.15) is 37.7 Å². The van der Waals surface area contributed by atoms with E-state index in [0.717, 1.165) is 46.5 Å². The Morgan fingerprint density at radius 3 is 2.41 bits per heavy atom. The van der Waals surface area contributed by atoms with E-state index in [1.165, 1.54) is 30.3 Å². The molecule has 1 spiro atoms. The molecule has 29 heavy (non-hydrogen) atoms. The van der Waals surface area contributed by atoms with E-state index in [-0.39, 0.29) is 23.1 Å². The first kappa shape index (κ1) is 20.3. The highest BCUT2D eigenvalue weighted by atomic mass is 79.9. The van der Waals surface area contributed by atoms with Crippen LogP contribution in [0, 0.1) is 5.82 Å². The normalized spacial score (nSPS) is 17.7. The molecule has 0 radical (unpaired) electrons. The van der Waals surface area contributed by atoms with Crippen molar-refractivity contribution in [2.75, 3.05) is 11.1 Å². The van der Waals surface area contributed by atoms with Gasteiger partial charge in [-0.2, -0.15) is 0 Å². The van der Waals surface area contributed by atoms with Crippen molar-refractivity contribution in [1.29, 1.82) is 0 Å². The van der Waals surface area contributed by atoms with E-state index in [1.54, 1.807) is 12.1 Å². The van der Waals surface area contributed by atoms with Crippen molar-refractivity contribution in [3.05, 3.63) is 64.4 Å². The third-order valence-electron chi connectivity index (χ3n) is 5.07. The highest BCUT2D eigenvalue weighted by Gasteiger charge is 2.37. The lowest BCUT2D eigenvalue weighted by molar-refractivity contribution is -0.113. The van der Waals surface area contributed by atoms with E-state index in [0.29, 0.717) is 5.69 Å². The Morgan fingerprint density at radius 1 is 1.03 bits per heavy atom. The van der Waals surface area contributed by atoms with E-state index in [1.807, 2.05) is 24.3 Å². The van der Waals surface area contributed by atoms with E-state index in [2.05, 4.69) is 21.2 Å². The Labute approximate surface area is 182 Å². The Hall–Kier alpha value is -1.99. The van der Waals surface area contributed by atoms with Crippen LogP contribution in [-0.2, 0) is 4.79 Å². The minimum absolute atomic E-state index is 0.149. The molecule has 1 aliphatic heterocycles. The van der Waals surface area contributed by atoms with Gasteiger partial charge in [0.25, 0.3) is 0 Å². The quantitative estimate of drug-likeness (QED) is 0.607. The van der Waals surface area contributed by atoms with Gasteiger partial charge in [-0.15, -0.1) is 0 Å². The third kappa shape index (κ3) is 4.95. The molecular weight excluding hydrogens is 453 g/mol. The topological polar surface area (TPSA) is 53.8 Å². The van der Waals surface area contributed by atoms with Crippen LogP contribution in [0.3, 0.4) is 0 Å². The number of benzene rings is 2. The second-order valence-corrected chi connectivity index (χ2v) is 9.15. The van der Waals surface area contributed by atoms with Crippen molar-refractivity contribution >= 4 is 50.0 Å². The highest BCUT2D eigenvalue weighted by Crippen LogP contribution is 2.38. The molecule has 7 heteroatoms. The molecule has 1 heterocycles. The Kier molecular flexibility index (Phi) is 6.15. The largest absolute Gasteiger partial charge is 0.325 e. The van der Waals surface area contributed by atoms with Crippen molar-refractivity contribution in [2.45, 2.75) is 37.8 Å². The van der Waals surface area contributed by atoms with E-state index < -0.39 is 0 Å². The molecule has 1 saturated carbocycles. The van der Waals surface area contributed by atoms with Gasteiger partial charge in [0.2, 0.25) is 5.91 Å². The molecule has 0 aromatic heterocycles. The molecule has 1 fully saturated rings. The smallest absolute Gasteiger partial charge is 0.234 e. The summed E-state index contributed by atoms with van der Waals surface area (Å²) in [7, 11) is 0. The molecule has 0 unspecified atom stereocenters. The summed E-state index contributed by atoms with van der Waals surface area (Å²) in [5, 5.41) is 3.62. The average molecular weight is 474 g/mol. The molecule has 0 saturated heterocycles. The summed E-state index contributed by atoms with van der Waals surface area (Å²) in [6.07, 6.45) is 5.40. The van der Waals surface area contributed by atoms with Crippen LogP contribution in [0.2, 0.25) is 0 Å². The lowest BCUT2D eigenvalue weighted by Crippen LogP contribution is -2.25. The van der Waals surface area contributed by atoms with Crippen molar-refractivity contribution < 1.29 is 9.18 Å². The SMILES string of the molecule is O=C(CSC1=NC2(CCCCC2)N=C1c1ccc(Br)cc1)Nc1ccc(F)cc1. The van der Waals surface area contributed by atoms with Crippen LogP contribution in [0.15, 0.2) is 63.0 Å². The number of hydrogen-bond acceptors (Lipinski definition) is 4. The summed E-state index contributed by atoms with van der Waals surface area (Å²) < 4.78 is 14.0. The van der Waals surface area contributed by atoms with Crippen LogP contribution in [0.5, 0.6) is 0 Å². The number of anilines is 1. The number of carbonyl (C=O) groups is 1. The van der Waals surface area contributed by atoms with Crippen molar-refractivity contribution in [1.82, 2.24) is 0 Å². The lowest BCUT2D eigenvalue weighted by atomic mass is 9.90. The number of hydrogen-bond donors (Lipinski definition) is 1. The zero-order valence-electron chi connectivity index (χ0n) is 15.8. The second-order valence-electron chi connectivity index (χ2n) is 7.27. The minimum atomic E-state index is -0.365. The van der Waals surface area contributed by atoms with Gasteiger partial charge in [-0.3, -0.25) is 9.79 Å². The average Bonchev–Trinajstić information content (AvgIpc) is 3.07. The molecule has 150 valence electrons. The number of thioether (sulfide) groups is 1. The number of amides is 1. The molecule has 2 aliphatic rings. The summed E-state index contributed by atoms with van der Waals surface area (Å²) in [6.45, 7) is 0. The first-order valence-corrected chi connectivity index (χ1v) is 11.5. The maximum atomic E-state index is 13.0. The number of aliphatic imine (C=N–C) groups is 2. The Balaban J connectivity index is 1.49. The van der Waals surface area contributed by atoms with Gasteiger partial charge in [0.15, 0.2) is 5.66 Å². The van der Waals surface area contributed by atoms with Crippen molar-refractivity contribution in [2.24, 2.45) is 9.98 Å². The van der Waals surface area contributed by atoms with E-state index in [9.17, 15) is 9.18 Å². The maximum absolute atomic E-state index is 13.0. The number of carbonyl (C=O) groups excluding carboxylic acids is 1. The van der Waals surface area contributed by atoms with Gasteiger partial charge in [-0.05, 0) is 62.1 Å². The molecule has 4 nitrogen and oxygen atoms in total. The molecule has 0 bridgehead atoms. The van der Waals surface area contributed by atoms with E-state index >= 15 is 0 Å². The molecule has 4 rings (SSSR count). The summed E-state index contributed by atoms with van der Waals surface area (Å²) in [5.41, 5.74) is 2.10. The molecule has 2 aromatic rings. The zero-order valence-corrected chi connectivity index (χ0v) is 18.2. The fourth-order valence-corrected chi connectivity index (χ4v) is 4.76. The monoisotopic (exact) mass is 473 g/mol. The van der Waals surface area contributed by atoms with Gasteiger partial charge in [-0.1, -0.05) is 46.2 Å². The van der Waals surface area contributed by atoms with Gasteiger partial charge in [-0.25, -0.2) is 9.38 Å². The summed E-state index contributed by atoms with van der Waals surface area (Å²) in [6, 6.07) is 13.8. The Bertz CT molecular complexity index is 951. The number of nitrogens with one attached hydrogen (secondary N) is 1. The van der Waals surface area contributed by atoms with Gasteiger partial charge in [0, 0.05) is 15.7 Å². The third-order valence-corrected chi connectivity index (χ3v) is 6.57. The van der Waals surface area contributed by atoms with Crippen LogP contribution in [0.25, 0.3) is 0 Å². The van der Waals surface area contributed by atoms with Gasteiger partial charge in [0.05, 0.1) is 11.5 Å². The molecule has 1 amide bonds. The summed E-state index contributed by atoms with van der Waals surface area (Å²) >= 11 is 4.88. The summed E-state index contributed by atoms with van der Waals surface area (Å²) in [4.78, 5) is 22.4. The lowest BCUT2D eigenvalue weighted by Gasteiger charge is -2.27. The minimum Gasteiger partial charge on any atom is -0.325 e. The molecule has 1 aliphatic carbocycles. The predicted molar refractivity (Wildman–Crippen MR) is 121 cm³/mol. The van der Waals surface area contributed by atoms with Gasteiger partial charge < -0.3 is 5.32 Å². The standard InChI is InChI=1S/C22H21BrFN3OS/c23-16-6-4-15(5-7-16)20-21(27-22(26-20)12-2-1-3-13-22)29-14-19(28)25-18-10-8-17(24)9-11-18/h4-11H,1-3,12-14H2,(H,25,28). The van der Waals surface area contributed by atoms with Crippen LogP contribution < -0.4 is 5.32 Å². The van der Waals surface area contributed by atoms with Crippen molar-refractivity contribution in [3.63, 3.8) is 0 Å². The Morgan fingerprint density at radius 2 is 1.72 bits per heavy atom. The highest BCUT2D eigenvalue weighted by molar-refractivity contribution is 9.10. The number of rotatable bonds is 4. The molecule has 2 aromatic carbocycles. The predicted octanol–water partition coefficient (Wildman–Crippen LogP) is 5.82. The first-order chi connectivity index (χ1) is 14.0. The van der Waals surface area contributed by atoms with Gasteiger partial charge >= 0.3 is 0 Å². The second kappa shape index (κ2) is 8.79. The fourth-order valence-electron chi connectivity index (χ4n) is 3.63. The van der Waals surface area contributed by atoms with E-state index in [4.69, 9.17) is 9.98 Å². The maximum Gasteiger partial charge on any atom is 0.234 e. The molecular formula is C22H21BrFN3OS. The fraction of sp³-hybridized carbons (Fsp3) is 0.318.